The number of nitrogens with one attached hydrogen (secondary N) is 3. The van der Waals surface area contributed by atoms with Gasteiger partial charge in [-0.25, -0.2) is 28.8 Å². The van der Waals surface area contributed by atoms with Crippen molar-refractivity contribution in [2.45, 2.75) is 237 Å². The molecule has 6 amide bonds. The maximum Gasteiger partial charge on any atom is 0.410 e. The van der Waals surface area contributed by atoms with Crippen LogP contribution in [0.4, 0.5) is 14.4 Å². The van der Waals surface area contributed by atoms with Crippen molar-refractivity contribution in [2.75, 3.05) is 41.0 Å². The summed E-state index contributed by atoms with van der Waals surface area (Å²) in [4.78, 5) is 121. The minimum atomic E-state index is -1.08. The predicted octanol–water partition coefficient (Wildman–Crippen LogP) is 19.4. The van der Waals surface area contributed by atoms with E-state index in [-0.39, 0.29) is 61.7 Å². The average molecular weight is 1650 g/mol. The predicted molar refractivity (Wildman–Crippen MR) is 472 cm³/mol. The van der Waals surface area contributed by atoms with Gasteiger partial charge in [-0.15, -0.1) is 0 Å². The van der Waals surface area contributed by atoms with Crippen molar-refractivity contribution in [1.82, 2.24) is 30.7 Å². The molecule has 5 aliphatic carbocycles. The lowest BCUT2D eigenvalue weighted by Crippen LogP contribution is -2.53. The summed E-state index contributed by atoms with van der Waals surface area (Å²) in [6, 6.07) is 52.6. The van der Waals surface area contributed by atoms with Crippen LogP contribution in [0.1, 0.15) is 233 Å². The van der Waals surface area contributed by atoms with Gasteiger partial charge in [-0.2, -0.15) is 0 Å². The van der Waals surface area contributed by atoms with E-state index >= 15 is 0 Å². The summed E-state index contributed by atoms with van der Waals surface area (Å²) < 4.78 is 17.5. The maximum atomic E-state index is 13.6. The van der Waals surface area contributed by atoms with Crippen molar-refractivity contribution in [3.05, 3.63) is 227 Å². The van der Waals surface area contributed by atoms with Gasteiger partial charge in [-0.3, -0.25) is 29.1 Å². The van der Waals surface area contributed by atoms with Crippen LogP contribution in [0.15, 0.2) is 188 Å². The molecule has 1 saturated carbocycles. The number of unbranched alkanes of at least 4 members (excludes halogenated alkanes) is 3. The minimum absolute atomic E-state index is 0.0761. The number of carboxylic acids is 3. The summed E-state index contributed by atoms with van der Waals surface area (Å²) in [5.41, 5.74) is 15.5. The molecule has 0 heterocycles. The number of hydrogen-bond donors (Lipinski definition) is 6. The van der Waals surface area contributed by atoms with Crippen molar-refractivity contribution in [3.8, 4) is 33.4 Å². The van der Waals surface area contributed by atoms with Gasteiger partial charge < -0.3 is 45.5 Å². The molecule has 21 nitrogen and oxygen atoms in total. The van der Waals surface area contributed by atoms with Gasteiger partial charge in [0.25, 0.3) is 0 Å². The zero-order chi connectivity index (χ0) is 86.7. The van der Waals surface area contributed by atoms with Crippen LogP contribution in [0, 0.1) is 23.7 Å². The Morgan fingerprint density at radius 2 is 0.678 bits per heavy atom. The zero-order valence-electron chi connectivity index (χ0n) is 72.1. The van der Waals surface area contributed by atoms with Crippen LogP contribution in [-0.2, 0) is 49.4 Å². The molecule has 7 aromatic rings. The highest BCUT2D eigenvalue weighted by molar-refractivity contribution is 5.92. The van der Waals surface area contributed by atoms with E-state index in [0.717, 1.165) is 181 Å². The van der Waals surface area contributed by atoms with Crippen molar-refractivity contribution < 1.29 is 72.7 Å². The summed E-state index contributed by atoms with van der Waals surface area (Å²) in [6.07, 6.45) is 18.4. The Bertz CT molecular complexity index is 4540. The van der Waals surface area contributed by atoms with Gasteiger partial charge in [-0.05, 0) is 147 Å². The average Bonchev–Trinajstić information content (AvgIpc) is 1.63. The Balaban J connectivity index is 0.000000190. The Hall–Kier alpha value is -11.1. The summed E-state index contributed by atoms with van der Waals surface area (Å²) in [7, 11) is 4.70. The Morgan fingerprint density at radius 3 is 0.975 bits per heavy atom. The molecule has 0 spiro atoms. The first kappa shape index (κ1) is 92.2. The highest BCUT2D eigenvalue weighted by Crippen LogP contribution is 2.48. The van der Waals surface area contributed by atoms with Crippen molar-refractivity contribution in [1.29, 1.82) is 0 Å². The molecule has 0 radical (unpaired) electrons. The first-order chi connectivity index (χ1) is 58.4. The third kappa shape index (κ3) is 24.8. The van der Waals surface area contributed by atoms with Gasteiger partial charge in [0.2, 0.25) is 17.7 Å². The summed E-state index contributed by atoms with van der Waals surface area (Å²) in [6.45, 7) is 12.8. The largest absolute Gasteiger partial charge is 0.480 e. The molecule has 0 bridgehead atoms. The molecular formula is C100H126N6O15. The fourth-order valence-corrected chi connectivity index (χ4v) is 18.0. The lowest BCUT2D eigenvalue weighted by atomic mass is 9.94. The number of ether oxygens (including phenoxy) is 3. The lowest BCUT2D eigenvalue weighted by molar-refractivity contribution is -0.143. The van der Waals surface area contributed by atoms with E-state index in [1.54, 1.807) is 14.1 Å². The van der Waals surface area contributed by atoms with Crippen molar-refractivity contribution in [2.24, 2.45) is 23.7 Å². The van der Waals surface area contributed by atoms with Gasteiger partial charge in [-0.1, -0.05) is 313 Å². The van der Waals surface area contributed by atoms with Crippen LogP contribution in [-0.4, -0.2) is 161 Å². The van der Waals surface area contributed by atoms with E-state index in [1.807, 2.05) is 124 Å². The highest BCUT2D eigenvalue weighted by atomic mass is 16.6. The SMILES string of the molecule is CCCC[C@@H](C)C[C@H](NC(=O)[C@H](CC1=CCCC1)N(C)C(=O)OCC1c2ccccc2-c2ccccc21)C(=O)O.CCCC[C@@H](C)C[C@H](NC(=O)[C@H](CC1CCCC1)N(C)C(=O)OCC1c2ccccc2-c2ccccc21)C(=O)O.CCCC[C@@H](C)C[C@H](NC(=O)[C@H](Cc1ccccc1)N(C)C(=O)OCC1c2ccccc2-c2ccccc21)C(=O)O. The number of carbonyl (C=O) groups excluding carboxylic acids is 6. The number of likely N-dealkylation sites (N-methyl/N-ethyl adjacent to an activating group) is 3. The van der Waals surface area contributed by atoms with Gasteiger partial charge in [0, 0.05) is 45.3 Å². The molecule has 0 saturated heterocycles. The molecular weight excluding hydrogens is 1530 g/mol. The van der Waals surface area contributed by atoms with Crippen LogP contribution < -0.4 is 16.0 Å². The van der Waals surface area contributed by atoms with E-state index in [2.05, 4.69) is 116 Å². The molecule has 1 fully saturated rings. The molecule has 6 N–H and O–H groups in total. The highest BCUT2D eigenvalue weighted by Gasteiger charge is 2.40. The summed E-state index contributed by atoms with van der Waals surface area (Å²) in [5, 5.41) is 37.8. The number of carbonyl (C=O) groups is 9. The molecule has 0 unspecified atom stereocenters. The second kappa shape index (κ2) is 45.5. The summed E-state index contributed by atoms with van der Waals surface area (Å²) in [5.74, 6) is -4.03. The van der Waals surface area contributed by atoms with Gasteiger partial charge in [0.1, 0.15) is 56.1 Å². The first-order valence-electron chi connectivity index (χ1n) is 43.9. The van der Waals surface area contributed by atoms with Crippen molar-refractivity contribution >= 4 is 53.9 Å². The third-order valence-electron chi connectivity index (χ3n) is 25.0. The van der Waals surface area contributed by atoms with Crippen LogP contribution >= 0.6 is 0 Å². The first-order valence-corrected chi connectivity index (χ1v) is 43.9. The van der Waals surface area contributed by atoms with Gasteiger partial charge in [0.05, 0.1) is 0 Å². The minimum Gasteiger partial charge on any atom is -0.480 e. The molecule has 646 valence electrons. The van der Waals surface area contributed by atoms with E-state index < -0.39 is 90.2 Å². The maximum absolute atomic E-state index is 13.6. The third-order valence-corrected chi connectivity index (χ3v) is 25.0. The van der Waals surface area contributed by atoms with Crippen LogP contribution in [0.25, 0.3) is 33.4 Å². The Labute approximate surface area is 714 Å². The normalized spacial score (nSPS) is 15.9. The molecule has 0 aromatic heterocycles. The number of benzene rings is 7. The number of rotatable bonds is 39. The molecule has 12 rings (SSSR count). The molecule has 21 heteroatoms. The zero-order valence-corrected chi connectivity index (χ0v) is 72.1. The smallest absolute Gasteiger partial charge is 0.410 e. The Kier molecular flexibility index (Phi) is 34.7. The van der Waals surface area contributed by atoms with E-state index in [1.165, 1.54) is 21.7 Å². The van der Waals surface area contributed by atoms with Crippen molar-refractivity contribution in [3.63, 3.8) is 0 Å². The van der Waals surface area contributed by atoms with Gasteiger partial charge in [0.15, 0.2) is 0 Å². The fourth-order valence-electron chi connectivity index (χ4n) is 18.0. The molecule has 0 aliphatic heterocycles. The van der Waals surface area contributed by atoms with Crippen LogP contribution in [0.3, 0.4) is 0 Å². The number of allylic oxidation sites excluding steroid dienone is 1. The fraction of sp³-hybridized carbons (Fsp3) is 0.470. The molecule has 5 aliphatic rings. The van der Waals surface area contributed by atoms with E-state index in [9.17, 15) is 58.5 Å². The number of amides is 6. The van der Waals surface area contributed by atoms with Crippen LogP contribution in [0.2, 0.25) is 0 Å². The second-order valence-corrected chi connectivity index (χ2v) is 34.0. The quantitative estimate of drug-likeness (QED) is 0.0154. The molecule has 121 heavy (non-hydrogen) atoms. The van der Waals surface area contributed by atoms with E-state index in [0.29, 0.717) is 38.0 Å². The molecule has 7 aromatic carbocycles. The number of nitrogens with zero attached hydrogens (tertiary/aromatic N) is 3. The van der Waals surface area contributed by atoms with Gasteiger partial charge >= 0.3 is 36.2 Å². The lowest BCUT2D eigenvalue weighted by Gasteiger charge is -2.30. The second-order valence-electron chi connectivity index (χ2n) is 34.0. The number of carboxylic acid groups (broad SMARTS) is 3. The standard InChI is InChI=1S/C34H40N2O5.C33H44N2O5.C33H42N2O5/c1-4-5-13-23(2)20-30(33(38)39)35-32(37)31(21-24-14-7-6-8-15-24)36(3)34(40)41-22-29-27-18-11-9-16-25(27)26-17-10-12-19-28(26)29;2*1-4-5-12-22(2)19-29(32(37)38)34-31(36)30(20-23-13-6-7-14-23)35(3)33(39)40-21-28-26-17-10-8-15-24(26)25-16-9-11-18-27(25)28/h6-12,14-19,23,29-31H,4-5,13,20-22H2,1-3H3,(H,35,37)(H,38,39);8-11,15-18,22-23,28-30H,4-7,12-14,19-21H2,1-3H3,(H,34,36)(H,37,38);8-11,13,15-18,22,28-30H,4-7,12,14,19-21H2,1-3H3,(H,34,36)(H,37,38)/t23-,30+,31+;2*22-,29+,30+/m111/s1. The monoisotopic (exact) mass is 1650 g/mol. The number of fused-ring (bicyclic) bond motifs is 9. The molecule has 9 atom stereocenters. The summed E-state index contributed by atoms with van der Waals surface area (Å²) >= 11 is 0. The number of hydrogen-bond acceptors (Lipinski definition) is 12. The van der Waals surface area contributed by atoms with Crippen LogP contribution in [0.5, 0.6) is 0 Å². The van der Waals surface area contributed by atoms with E-state index in [4.69, 9.17) is 14.2 Å². The number of aliphatic carboxylic acids is 3. The topological polar surface area (TPSA) is 288 Å². The Morgan fingerprint density at radius 1 is 0.388 bits per heavy atom.